The molecule has 61 heavy (non-hydrogen) atoms. The van der Waals surface area contributed by atoms with Crippen molar-refractivity contribution in [1.29, 1.82) is 0 Å². The molecule has 0 aromatic carbocycles. The van der Waals surface area contributed by atoms with E-state index in [0.717, 1.165) is 83.5 Å². The van der Waals surface area contributed by atoms with Crippen LogP contribution >= 0.6 is 7.82 Å². The first-order valence-electron chi connectivity index (χ1n) is 24.3. The first-order chi connectivity index (χ1) is 29.6. The van der Waals surface area contributed by atoms with Gasteiger partial charge in [0.25, 0.3) is 0 Å². The van der Waals surface area contributed by atoms with E-state index in [0.29, 0.717) is 24.1 Å². The molecular formula is C52H93NO7P+. The van der Waals surface area contributed by atoms with Gasteiger partial charge in [-0.1, -0.05) is 170 Å². The summed E-state index contributed by atoms with van der Waals surface area (Å²) in [6.07, 6.45) is 59.0. The first kappa shape index (κ1) is 58.7. The number of hydrogen-bond acceptors (Lipinski definition) is 6. The number of quaternary nitrogens is 1. The second-order valence-corrected chi connectivity index (χ2v) is 18.6. The average Bonchev–Trinajstić information content (AvgIpc) is 3.22. The van der Waals surface area contributed by atoms with Crippen LogP contribution in [0.1, 0.15) is 181 Å². The van der Waals surface area contributed by atoms with Crippen molar-refractivity contribution in [3.8, 4) is 0 Å². The maximum atomic E-state index is 12.7. The topological polar surface area (TPSA) is 91.3 Å². The molecular weight excluding hydrogens is 782 g/mol. The third kappa shape index (κ3) is 48.6. The van der Waals surface area contributed by atoms with Crippen molar-refractivity contribution in [1.82, 2.24) is 0 Å². The van der Waals surface area contributed by atoms with Gasteiger partial charge in [0, 0.05) is 13.0 Å². The monoisotopic (exact) mass is 875 g/mol. The summed E-state index contributed by atoms with van der Waals surface area (Å²) in [5.74, 6) is -0.333. The second-order valence-electron chi connectivity index (χ2n) is 17.1. The standard InChI is InChI=1S/C52H92NO7P/c1-6-8-10-12-14-16-18-20-22-23-24-25-26-27-28-29-30-31-32-33-35-37-39-41-43-45-52(54)60-51(50-59-61(55,56)58-48-46-53(3,4)5)49-57-47-44-42-40-38-36-34-21-19-17-15-13-11-9-7-2/h8,10,14,16-17,19-20,22,24-25,27-28,30-31,51H,6-7,9,11-13,15,18,21,23,26,29,32-50H2,1-5H3/p+1/b10-8-,16-14-,19-17-,22-20-,25-24-,28-27-,31-30-. The quantitative estimate of drug-likeness (QED) is 0.0214. The summed E-state index contributed by atoms with van der Waals surface area (Å²) in [6, 6.07) is 0. The summed E-state index contributed by atoms with van der Waals surface area (Å²) in [7, 11) is 1.64. The molecule has 0 saturated heterocycles. The van der Waals surface area contributed by atoms with Crippen LogP contribution in [0.5, 0.6) is 0 Å². The van der Waals surface area contributed by atoms with Gasteiger partial charge in [0.15, 0.2) is 0 Å². The number of likely N-dealkylation sites (N-methyl/N-ethyl adjacent to an activating group) is 1. The van der Waals surface area contributed by atoms with Crippen molar-refractivity contribution in [3.05, 3.63) is 85.1 Å². The Balaban J connectivity index is 4.22. The van der Waals surface area contributed by atoms with E-state index in [1.54, 1.807) is 0 Å². The van der Waals surface area contributed by atoms with Crippen LogP contribution in [0.15, 0.2) is 85.1 Å². The lowest BCUT2D eigenvalue weighted by atomic mass is 10.1. The Morgan fingerprint density at radius 2 is 0.951 bits per heavy atom. The van der Waals surface area contributed by atoms with Crippen LogP contribution in [0.25, 0.3) is 0 Å². The zero-order valence-electron chi connectivity index (χ0n) is 39.9. The molecule has 0 amide bonds. The summed E-state index contributed by atoms with van der Waals surface area (Å²) in [4.78, 5) is 23.0. The fourth-order valence-corrected chi connectivity index (χ4v) is 6.94. The minimum atomic E-state index is -4.29. The maximum absolute atomic E-state index is 12.7. The number of carbonyl (C=O) groups is 1. The average molecular weight is 875 g/mol. The van der Waals surface area contributed by atoms with Crippen LogP contribution in [-0.4, -0.2) is 75.6 Å². The van der Waals surface area contributed by atoms with Gasteiger partial charge in [-0.2, -0.15) is 0 Å². The van der Waals surface area contributed by atoms with Gasteiger partial charge in [-0.25, -0.2) is 4.57 Å². The molecule has 0 aromatic heterocycles. The van der Waals surface area contributed by atoms with Crippen LogP contribution in [0, 0.1) is 0 Å². The lowest BCUT2D eigenvalue weighted by Gasteiger charge is -2.24. The van der Waals surface area contributed by atoms with Crippen molar-refractivity contribution in [3.63, 3.8) is 0 Å². The second kappa shape index (κ2) is 44.3. The molecule has 0 aliphatic carbocycles. The molecule has 9 heteroatoms. The van der Waals surface area contributed by atoms with Crippen LogP contribution in [-0.2, 0) is 27.9 Å². The summed E-state index contributed by atoms with van der Waals surface area (Å²) in [5.41, 5.74) is 0. The zero-order chi connectivity index (χ0) is 44.8. The Bertz CT molecular complexity index is 1250. The molecule has 8 nitrogen and oxygen atoms in total. The number of rotatable bonds is 44. The number of unbranched alkanes of at least 4 members (excludes halogenated alkanes) is 16. The van der Waals surface area contributed by atoms with E-state index >= 15 is 0 Å². The summed E-state index contributed by atoms with van der Waals surface area (Å²) in [6.45, 7) is 5.45. The molecule has 0 fully saturated rings. The SMILES string of the molecule is CC/C=C\C/C=C\C/C=C\C/C=C\C/C=C\C/C=C\CCCCCCCCC(=O)OC(COCCCCCCCC/C=C\CCCCCC)COP(=O)(O)OCC[N+](C)(C)C. The van der Waals surface area contributed by atoms with E-state index in [1.165, 1.54) is 77.0 Å². The lowest BCUT2D eigenvalue weighted by molar-refractivity contribution is -0.870. The Hall–Kier alpha value is -2.32. The lowest BCUT2D eigenvalue weighted by Crippen LogP contribution is -2.37. The van der Waals surface area contributed by atoms with Crippen LogP contribution < -0.4 is 0 Å². The number of esters is 1. The molecule has 2 atom stereocenters. The first-order valence-corrected chi connectivity index (χ1v) is 25.8. The number of allylic oxidation sites excluding steroid dienone is 14. The highest BCUT2D eigenvalue weighted by Gasteiger charge is 2.26. The molecule has 352 valence electrons. The number of carbonyl (C=O) groups excluding carboxylic acids is 1. The third-order valence-electron chi connectivity index (χ3n) is 9.94. The van der Waals surface area contributed by atoms with Gasteiger partial charge in [0.05, 0.1) is 34.4 Å². The largest absolute Gasteiger partial charge is 0.472 e. The van der Waals surface area contributed by atoms with Gasteiger partial charge in [0.2, 0.25) is 0 Å². The predicted molar refractivity (Wildman–Crippen MR) is 261 cm³/mol. The summed E-state index contributed by atoms with van der Waals surface area (Å²) < 4.78 is 35.0. The number of phosphoric acid groups is 1. The van der Waals surface area contributed by atoms with Crippen LogP contribution in [0.3, 0.4) is 0 Å². The Morgan fingerprint density at radius 1 is 0.525 bits per heavy atom. The highest BCUT2D eigenvalue weighted by atomic mass is 31.2. The molecule has 0 radical (unpaired) electrons. The van der Waals surface area contributed by atoms with Crippen LogP contribution in [0.4, 0.5) is 0 Å². The fourth-order valence-electron chi connectivity index (χ4n) is 6.20. The molecule has 0 bridgehead atoms. The smallest absolute Gasteiger partial charge is 0.457 e. The van der Waals surface area contributed by atoms with Gasteiger partial charge in [-0.15, -0.1) is 0 Å². The van der Waals surface area contributed by atoms with Crippen molar-refractivity contribution < 1.29 is 37.3 Å². The number of hydrogen-bond donors (Lipinski definition) is 1. The molecule has 1 N–H and O–H groups in total. The minimum Gasteiger partial charge on any atom is -0.457 e. The molecule has 0 aromatic rings. The number of nitrogens with zero attached hydrogens (tertiary/aromatic N) is 1. The Labute approximate surface area is 375 Å². The van der Waals surface area contributed by atoms with Crippen LogP contribution in [0.2, 0.25) is 0 Å². The van der Waals surface area contributed by atoms with Gasteiger partial charge >= 0.3 is 13.8 Å². The van der Waals surface area contributed by atoms with Crippen molar-refractivity contribution >= 4 is 13.8 Å². The minimum absolute atomic E-state index is 0.0799. The molecule has 0 heterocycles. The third-order valence-corrected chi connectivity index (χ3v) is 10.9. The van der Waals surface area contributed by atoms with Crippen molar-refractivity contribution in [2.45, 2.75) is 187 Å². The van der Waals surface area contributed by atoms with Gasteiger partial charge in [0.1, 0.15) is 19.3 Å². The molecule has 0 aliphatic rings. The molecule has 2 unspecified atom stereocenters. The number of phosphoric ester groups is 1. The van der Waals surface area contributed by atoms with Crippen molar-refractivity contribution in [2.75, 3.05) is 54.1 Å². The molecule has 0 spiro atoms. The normalized spacial score (nSPS) is 14.4. The van der Waals surface area contributed by atoms with Gasteiger partial charge in [-0.05, 0) is 89.9 Å². The van der Waals surface area contributed by atoms with E-state index in [9.17, 15) is 14.3 Å². The molecule has 0 rings (SSSR count). The highest BCUT2D eigenvalue weighted by molar-refractivity contribution is 7.47. The van der Waals surface area contributed by atoms with E-state index in [1.807, 2.05) is 21.1 Å². The Kier molecular flexibility index (Phi) is 42.6. The van der Waals surface area contributed by atoms with Gasteiger partial charge < -0.3 is 18.9 Å². The molecule has 0 aliphatic heterocycles. The van der Waals surface area contributed by atoms with E-state index < -0.39 is 13.9 Å². The summed E-state index contributed by atoms with van der Waals surface area (Å²) in [5, 5.41) is 0. The summed E-state index contributed by atoms with van der Waals surface area (Å²) >= 11 is 0. The maximum Gasteiger partial charge on any atom is 0.472 e. The van der Waals surface area contributed by atoms with Crippen molar-refractivity contribution in [2.24, 2.45) is 0 Å². The predicted octanol–water partition coefficient (Wildman–Crippen LogP) is 14.8. The van der Waals surface area contributed by atoms with Gasteiger partial charge in [-0.3, -0.25) is 13.8 Å². The fraction of sp³-hybridized carbons (Fsp3) is 0.712. The highest BCUT2D eigenvalue weighted by Crippen LogP contribution is 2.43. The van der Waals surface area contributed by atoms with E-state index in [4.69, 9.17) is 18.5 Å². The zero-order valence-corrected chi connectivity index (χ0v) is 40.8. The Morgan fingerprint density at radius 3 is 1.44 bits per heavy atom. The van der Waals surface area contributed by atoms with E-state index in [-0.39, 0.29) is 25.8 Å². The van der Waals surface area contributed by atoms with E-state index in [2.05, 4.69) is 98.9 Å². The molecule has 0 saturated carbocycles. The number of ether oxygens (including phenoxy) is 2.